The van der Waals surface area contributed by atoms with Gasteiger partial charge in [0, 0.05) is 10.5 Å². The van der Waals surface area contributed by atoms with Gasteiger partial charge in [-0.2, -0.15) is 0 Å². The first-order valence-corrected chi connectivity index (χ1v) is 7.90. The highest BCUT2D eigenvalue weighted by atomic mass is 35.7. The molecule has 0 amide bonds. The molecule has 0 saturated heterocycles. The molecule has 0 bridgehead atoms. The molecule has 5 nitrogen and oxygen atoms in total. The second kappa shape index (κ2) is 7.42. The second-order valence-electron chi connectivity index (χ2n) is 3.46. The maximum atomic E-state index is 8.49. The molecule has 0 radical (unpaired) electrons. The molecule has 0 spiro atoms. The minimum atomic E-state index is -4.94. The summed E-state index contributed by atoms with van der Waals surface area (Å²) < 4.78 is 36.1. The zero-order valence-electron chi connectivity index (χ0n) is 9.93. The Hall–Kier alpha value is -0.0200. The van der Waals surface area contributed by atoms with Crippen LogP contribution in [0.15, 0.2) is 21.5 Å². The number of halogens is 1. The predicted octanol–water partition coefficient (Wildman–Crippen LogP) is -1.85. The van der Waals surface area contributed by atoms with Crippen molar-refractivity contribution in [2.75, 3.05) is 14.1 Å². The van der Waals surface area contributed by atoms with Gasteiger partial charge in [-0.1, -0.05) is 21.6 Å². The molecule has 1 heterocycles. The Bertz CT molecular complexity index is 350. The first kappa shape index (κ1) is 17.0. The van der Waals surface area contributed by atoms with Gasteiger partial charge in [0.15, 0.2) is 6.21 Å². The van der Waals surface area contributed by atoms with E-state index < -0.39 is 10.2 Å². The van der Waals surface area contributed by atoms with Crippen molar-refractivity contribution in [1.82, 2.24) is 0 Å². The van der Waals surface area contributed by atoms with Crippen molar-refractivity contribution in [3.05, 3.63) is 21.5 Å². The molecule has 0 atom stereocenters. The minimum Gasteiger partial charge on any atom is -0.241 e. The lowest BCUT2D eigenvalue weighted by Crippen LogP contribution is -2.68. The van der Waals surface area contributed by atoms with Crippen LogP contribution in [0.25, 0.3) is 0 Å². The SMILES string of the molecule is CC1=CSS/C1=C(/C)C=[N+](C)C.[O-][Cl+3]([O-])([O-])[O-]. The Morgan fingerprint density at radius 3 is 2.06 bits per heavy atom. The molecule has 1 rings (SSSR count). The lowest BCUT2D eigenvalue weighted by atomic mass is 10.2. The summed E-state index contributed by atoms with van der Waals surface area (Å²) in [5, 5.41) is 2.20. The summed E-state index contributed by atoms with van der Waals surface area (Å²) in [6.07, 6.45) is 2.16. The van der Waals surface area contributed by atoms with Crippen LogP contribution < -0.4 is 18.6 Å². The number of hydrogen-bond donors (Lipinski definition) is 0. The van der Waals surface area contributed by atoms with Crippen molar-refractivity contribution < 1.29 is 33.5 Å². The second-order valence-corrected chi connectivity index (χ2v) is 6.30. The van der Waals surface area contributed by atoms with Crippen LogP contribution in [0, 0.1) is 10.2 Å². The summed E-state index contributed by atoms with van der Waals surface area (Å²) in [7, 11) is 2.81. The highest BCUT2D eigenvalue weighted by molar-refractivity contribution is 8.79. The van der Waals surface area contributed by atoms with Crippen molar-refractivity contribution in [2.45, 2.75) is 13.8 Å². The third-order valence-electron chi connectivity index (χ3n) is 1.52. The van der Waals surface area contributed by atoms with Gasteiger partial charge in [-0.15, -0.1) is 10.2 Å². The number of nitrogens with zero attached hydrogens (tertiary/aromatic N) is 1. The number of hydrogen-bond acceptors (Lipinski definition) is 6. The maximum absolute atomic E-state index is 8.49. The van der Waals surface area contributed by atoms with Gasteiger partial charge in [0.25, 0.3) is 0 Å². The summed E-state index contributed by atoms with van der Waals surface area (Å²) in [6.45, 7) is 4.32. The van der Waals surface area contributed by atoms with E-state index in [4.69, 9.17) is 18.6 Å². The van der Waals surface area contributed by atoms with Crippen molar-refractivity contribution in [3.8, 4) is 0 Å². The fraction of sp³-hybridized carbons (Fsp3) is 0.444. The van der Waals surface area contributed by atoms with E-state index in [0.717, 1.165) is 0 Å². The minimum absolute atomic E-state index is 1.35. The van der Waals surface area contributed by atoms with Crippen LogP contribution in [0.1, 0.15) is 13.8 Å². The Morgan fingerprint density at radius 1 is 1.29 bits per heavy atom. The quantitative estimate of drug-likeness (QED) is 0.320. The van der Waals surface area contributed by atoms with Crippen LogP contribution in [0.3, 0.4) is 0 Å². The van der Waals surface area contributed by atoms with Gasteiger partial charge in [-0.3, -0.25) is 0 Å². The van der Waals surface area contributed by atoms with Gasteiger partial charge in [-0.25, -0.2) is 23.2 Å². The molecule has 98 valence electrons. The fourth-order valence-electron chi connectivity index (χ4n) is 1.09. The standard InChI is InChI=1S/C9H14NS2.ClHO4/c1-7(5-10(3)4)9-8(2)6-11-12-9;2-1(3,4)5/h5-6H,1-4H3;(H,2,3,4,5)/q+1;/p-1/b9-7-;. The van der Waals surface area contributed by atoms with E-state index in [2.05, 4.69) is 44.1 Å². The molecule has 17 heavy (non-hydrogen) atoms. The summed E-state index contributed by atoms with van der Waals surface area (Å²) >= 11 is 0. The third kappa shape index (κ3) is 9.66. The predicted molar refractivity (Wildman–Crippen MR) is 59.8 cm³/mol. The van der Waals surface area contributed by atoms with Crippen LogP contribution in [0.4, 0.5) is 0 Å². The van der Waals surface area contributed by atoms with Crippen LogP contribution in [-0.4, -0.2) is 24.9 Å². The normalized spacial score (nSPS) is 18.0. The molecule has 0 N–H and O–H groups in total. The van der Waals surface area contributed by atoms with Gasteiger partial charge in [0.1, 0.15) is 14.1 Å². The van der Waals surface area contributed by atoms with E-state index >= 15 is 0 Å². The average molecular weight is 300 g/mol. The van der Waals surface area contributed by atoms with Gasteiger partial charge in [-0.05, 0) is 24.8 Å². The van der Waals surface area contributed by atoms with E-state index in [1.54, 1.807) is 10.8 Å². The summed E-state index contributed by atoms with van der Waals surface area (Å²) in [6, 6.07) is 0. The topological polar surface area (TPSA) is 95.2 Å². The molecular weight excluding hydrogens is 286 g/mol. The molecule has 0 fully saturated rings. The van der Waals surface area contributed by atoms with Crippen molar-refractivity contribution >= 4 is 27.8 Å². The fourth-order valence-corrected chi connectivity index (χ4v) is 3.60. The summed E-state index contributed by atoms with van der Waals surface area (Å²) in [5.74, 6) is 0. The molecule has 0 unspecified atom stereocenters. The lowest BCUT2D eigenvalue weighted by Gasteiger charge is -2.17. The summed E-state index contributed by atoms with van der Waals surface area (Å²) in [4.78, 5) is 1.41. The van der Waals surface area contributed by atoms with Gasteiger partial charge in [0.2, 0.25) is 0 Å². The van der Waals surface area contributed by atoms with Crippen LogP contribution >= 0.6 is 21.6 Å². The number of allylic oxidation sites excluding steroid dienone is 2. The molecule has 1 aliphatic rings. The van der Waals surface area contributed by atoms with E-state index in [1.165, 1.54) is 16.1 Å². The van der Waals surface area contributed by atoms with Crippen molar-refractivity contribution in [1.29, 1.82) is 0 Å². The van der Waals surface area contributed by atoms with E-state index in [1.807, 2.05) is 10.8 Å². The smallest absolute Gasteiger partial charge is 0.167 e. The van der Waals surface area contributed by atoms with Crippen LogP contribution in [0.5, 0.6) is 0 Å². The average Bonchev–Trinajstić information content (AvgIpc) is 2.46. The Morgan fingerprint density at radius 2 is 1.76 bits per heavy atom. The highest BCUT2D eigenvalue weighted by Crippen LogP contribution is 2.44. The molecule has 8 heteroatoms. The van der Waals surface area contributed by atoms with Crippen LogP contribution in [0.2, 0.25) is 0 Å². The first-order valence-electron chi connectivity index (χ1n) is 4.45. The number of rotatable bonds is 1. The molecule has 0 aromatic rings. The van der Waals surface area contributed by atoms with E-state index in [-0.39, 0.29) is 0 Å². The molecule has 0 aromatic carbocycles. The zero-order chi connectivity index (χ0) is 13.6. The van der Waals surface area contributed by atoms with Gasteiger partial charge >= 0.3 is 0 Å². The van der Waals surface area contributed by atoms with Crippen molar-refractivity contribution in [3.63, 3.8) is 0 Å². The van der Waals surface area contributed by atoms with Gasteiger partial charge in [0.05, 0.1) is 0 Å². The molecular formula is C9H14ClNO4S2. The summed E-state index contributed by atoms with van der Waals surface area (Å²) in [5.41, 5.74) is 2.74. The highest BCUT2D eigenvalue weighted by Gasteiger charge is 2.12. The van der Waals surface area contributed by atoms with E-state index in [9.17, 15) is 0 Å². The molecule has 0 aromatic heterocycles. The molecule has 0 aliphatic carbocycles. The first-order chi connectivity index (χ1) is 7.61. The lowest BCUT2D eigenvalue weighted by molar-refractivity contribution is -2.00. The zero-order valence-corrected chi connectivity index (χ0v) is 12.3. The Kier molecular flexibility index (Phi) is 7.41. The Labute approximate surface area is 111 Å². The largest absolute Gasteiger partial charge is 0.241 e. The molecule has 1 aliphatic heterocycles. The van der Waals surface area contributed by atoms with Crippen LogP contribution in [-0.2, 0) is 0 Å². The van der Waals surface area contributed by atoms with Crippen molar-refractivity contribution in [2.24, 2.45) is 0 Å². The third-order valence-corrected chi connectivity index (χ3v) is 3.96. The monoisotopic (exact) mass is 299 g/mol. The maximum Gasteiger partial charge on any atom is 0.167 e. The molecule has 0 saturated carbocycles. The van der Waals surface area contributed by atoms with Gasteiger partial charge < -0.3 is 0 Å². The Balaban J connectivity index is 0.000000437. The van der Waals surface area contributed by atoms with E-state index in [0.29, 0.717) is 0 Å².